The van der Waals surface area contributed by atoms with Gasteiger partial charge in [0.15, 0.2) is 16.7 Å². The van der Waals surface area contributed by atoms with Crippen LogP contribution in [0, 0.1) is 12.3 Å². The molecule has 7 heteroatoms. The van der Waals surface area contributed by atoms with Crippen LogP contribution in [0.1, 0.15) is 12.5 Å². The van der Waals surface area contributed by atoms with Crippen molar-refractivity contribution >= 4 is 44.8 Å². The second-order valence-electron chi connectivity index (χ2n) is 4.74. The maximum absolute atomic E-state index is 12.2. The standard InChI is InChI=1S/C17H17BrN2O3S/c1-5-7-23-15-12(18)8-11(9-13(15)22-6-2)10-14-16(21)20(4)17(19-3)24-14/h1,8-10H,6-7H2,2-4H3/b14-10+,19-17?. The smallest absolute Gasteiger partial charge is 0.266 e. The van der Waals surface area contributed by atoms with Gasteiger partial charge in [-0.2, -0.15) is 0 Å². The summed E-state index contributed by atoms with van der Waals surface area (Å²) in [7, 11) is 3.37. The average Bonchev–Trinajstić information content (AvgIpc) is 2.82. The Morgan fingerprint density at radius 3 is 2.79 bits per heavy atom. The number of carbonyl (C=O) groups is 1. The molecule has 0 aliphatic carbocycles. The number of terminal acetylenes is 1. The zero-order valence-corrected chi connectivity index (χ0v) is 16.0. The number of likely N-dealkylation sites (N-methyl/N-ethyl adjacent to an activating group) is 1. The largest absolute Gasteiger partial charge is 0.490 e. The monoisotopic (exact) mass is 408 g/mol. The first-order valence-electron chi connectivity index (χ1n) is 7.18. The zero-order valence-electron chi connectivity index (χ0n) is 13.6. The van der Waals surface area contributed by atoms with Gasteiger partial charge in [-0.05, 0) is 58.4 Å². The molecule has 1 amide bonds. The minimum Gasteiger partial charge on any atom is -0.490 e. The Kier molecular flexibility index (Phi) is 6.35. The molecule has 1 saturated heterocycles. The molecule has 0 bridgehead atoms. The molecular formula is C17H17BrN2O3S. The quantitative estimate of drug-likeness (QED) is 0.553. The lowest BCUT2D eigenvalue weighted by Crippen LogP contribution is -2.23. The summed E-state index contributed by atoms with van der Waals surface area (Å²) < 4.78 is 11.9. The third kappa shape index (κ3) is 3.94. The Bertz CT molecular complexity index is 753. The molecule has 0 spiro atoms. The van der Waals surface area contributed by atoms with E-state index in [-0.39, 0.29) is 12.5 Å². The highest BCUT2D eigenvalue weighted by Gasteiger charge is 2.29. The van der Waals surface area contributed by atoms with Crippen LogP contribution < -0.4 is 9.47 Å². The van der Waals surface area contributed by atoms with Gasteiger partial charge in [-0.1, -0.05) is 5.92 Å². The van der Waals surface area contributed by atoms with E-state index in [4.69, 9.17) is 15.9 Å². The highest BCUT2D eigenvalue weighted by Crippen LogP contribution is 2.39. The van der Waals surface area contributed by atoms with Crippen LogP contribution in [0.15, 0.2) is 26.5 Å². The predicted octanol–water partition coefficient (Wildman–Crippen LogP) is 3.39. The van der Waals surface area contributed by atoms with Crippen molar-refractivity contribution in [1.29, 1.82) is 0 Å². The van der Waals surface area contributed by atoms with E-state index < -0.39 is 0 Å². The van der Waals surface area contributed by atoms with E-state index >= 15 is 0 Å². The van der Waals surface area contributed by atoms with Crippen LogP contribution >= 0.6 is 27.7 Å². The number of hydrogen-bond acceptors (Lipinski definition) is 5. The third-order valence-electron chi connectivity index (χ3n) is 3.12. The highest BCUT2D eigenvalue weighted by atomic mass is 79.9. The van der Waals surface area contributed by atoms with Gasteiger partial charge in [0, 0.05) is 14.1 Å². The van der Waals surface area contributed by atoms with Crippen LogP contribution in [0.25, 0.3) is 6.08 Å². The summed E-state index contributed by atoms with van der Waals surface area (Å²) >= 11 is 4.81. The molecule has 0 N–H and O–H groups in total. The minimum atomic E-state index is -0.0812. The lowest BCUT2D eigenvalue weighted by molar-refractivity contribution is -0.121. The summed E-state index contributed by atoms with van der Waals surface area (Å²) in [5, 5.41) is 0.671. The number of halogens is 1. The number of thioether (sulfide) groups is 1. The molecule has 0 radical (unpaired) electrons. The fraction of sp³-hybridized carbons (Fsp3) is 0.294. The molecule has 0 unspecified atom stereocenters. The van der Waals surface area contributed by atoms with Crippen molar-refractivity contribution in [3.63, 3.8) is 0 Å². The van der Waals surface area contributed by atoms with Gasteiger partial charge in [0.05, 0.1) is 16.0 Å². The number of ether oxygens (including phenoxy) is 2. The summed E-state index contributed by atoms with van der Waals surface area (Å²) in [4.78, 5) is 18.5. The van der Waals surface area contributed by atoms with E-state index in [9.17, 15) is 4.79 Å². The Morgan fingerprint density at radius 2 is 2.21 bits per heavy atom. The van der Waals surface area contributed by atoms with Crippen molar-refractivity contribution in [3.8, 4) is 23.8 Å². The predicted molar refractivity (Wildman–Crippen MR) is 101 cm³/mol. The maximum Gasteiger partial charge on any atom is 0.266 e. The van der Waals surface area contributed by atoms with E-state index in [2.05, 4.69) is 26.8 Å². The number of rotatable bonds is 5. The molecular weight excluding hydrogens is 392 g/mol. The maximum atomic E-state index is 12.2. The van der Waals surface area contributed by atoms with Crippen LogP contribution in [-0.2, 0) is 4.79 Å². The molecule has 1 aromatic carbocycles. The van der Waals surface area contributed by atoms with Crippen LogP contribution in [0.5, 0.6) is 11.5 Å². The molecule has 1 aliphatic rings. The molecule has 1 heterocycles. The minimum absolute atomic E-state index is 0.0812. The van der Waals surface area contributed by atoms with E-state index in [1.807, 2.05) is 19.1 Å². The third-order valence-corrected chi connectivity index (χ3v) is 4.86. The topological polar surface area (TPSA) is 51.1 Å². The molecule has 126 valence electrons. The Hall–Kier alpha value is -1.91. The fourth-order valence-corrected chi connectivity index (χ4v) is 3.59. The van der Waals surface area contributed by atoms with Gasteiger partial charge in [-0.25, -0.2) is 0 Å². The molecule has 2 rings (SSSR count). The van der Waals surface area contributed by atoms with Crippen molar-refractivity contribution in [1.82, 2.24) is 4.90 Å². The molecule has 0 aromatic heterocycles. The van der Waals surface area contributed by atoms with Crippen molar-refractivity contribution in [2.75, 3.05) is 27.3 Å². The Balaban J connectivity index is 2.40. The molecule has 1 fully saturated rings. The van der Waals surface area contributed by atoms with E-state index in [0.29, 0.717) is 32.7 Å². The SMILES string of the molecule is C#CCOc1c(Br)cc(/C=C2/SC(=NC)N(C)C2=O)cc1OCC. The van der Waals surface area contributed by atoms with Gasteiger partial charge >= 0.3 is 0 Å². The van der Waals surface area contributed by atoms with Gasteiger partial charge in [-0.15, -0.1) is 6.42 Å². The molecule has 1 aliphatic heterocycles. The number of hydrogen-bond donors (Lipinski definition) is 0. The summed E-state index contributed by atoms with van der Waals surface area (Å²) in [5.41, 5.74) is 0.819. The first kappa shape index (κ1) is 18.4. The molecule has 24 heavy (non-hydrogen) atoms. The number of amidine groups is 1. The lowest BCUT2D eigenvalue weighted by atomic mass is 10.2. The summed E-state index contributed by atoms with van der Waals surface area (Å²) in [5.74, 6) is 3.47. The number of benzene rings is 1. The first-order valence-corrected chi connectivity index (χ1v) is 8.79. The van der Waals surface area contributed by atoms with Gasteiger partial charge in [0.1, 0.15) is 6.61 Å². The van der Waals surface area contributed by atoms with Gasteiger partial charge in [0.25, 0.3) is 5.91 Å². The van der Waals surface area contributed by atoms with Crippen LogP contribution in [0.4, 0.5) is 0 Å². The highest BCUT2D eigenvalue weighted by molar-refractivity contribution is 9.10. The van der Waals surface area contributed by atoms with Gasteiger partial charge < -0.3 is 9.47 Å². The summed E-state index contributed by atoms with van der Waals surface area (Å²) in [6, 6.07) is 3.68. The first-order chi connectivity index (χ1) is 11.5. The summed E-state index contributed by atoms with van der Waals surface area (Å²) in [6.07, 6.45) is 7.05. The number of aliphatic imine (C=N–C) groups is 1. The van der Waals surface area contributed by atoms with Gasteiger partial charge in [-0.3, -0.25) is 14.7 Å². The number of carbonyl (C=O) groups excluding carboxylic acids is 1. The molecule has 1 aromatic rings. The second-order valence-corrected chi connectivity index (χ2v) is 6.60. The average molecular weight is 409 g/mol. The fourth-order valence-electron chi connectivity index (χ4n) is 2.09. The van der Waals surface area contributed by atoms with Crippen LogP contribution in [0.3, 0.4) is 0 Å². The second kappa shape index (κ2) is 8.27. The molecule has 5 nitrogen and oxygen atoms in total. The van der Waals surface area contributed by atoms with Crippen molar-refractivity contribution < 1.29 is 14.3 Å². The molecule has 0 atom stereocenters. The number of nitrogens with zero attached hydrogens (tertiary/aromatic N) is 2. The van der Waals surface area contributed by atoms with Crippen LogP contribution in [0.2, 0.25) is 0 Å². The van der Waals surface area contributed by atoms with Crippen molar-refractivity contribution in [3.05, 3.63) is 27.1 Å². The Morgan fingerprint density at radius 1 is 1.46 bits per heavy atom. The van der Waals surface area contributed by atoms with Crippen molar-refractivity contribution in [2.45, 2.75) is 6.92 Å². The normalized spacial score (nSPS) is 17.5. The van der Waals surface area contributed by atoms with E-state index in [0.717, 1.165) is 5.56 Å². The summed E-state index contributed by atoms with van der Waals surface area (Å²) in [6.45, 7) is 2.52. The zero-order chi connectivity index (χ0) is 17.7. The van der Waals surface area contributed by atoms with Crippen LogP contribution in [-0.4, -0.2) is 43.3 Å². The molecule has 0 saturated carbocycles. The van der Waals surface area contributed by atoms with E-state index in [1.165, 1.54) is 16.7 Å². The van der Waals surface area contributed by atoms with Gasteiger partial charge in [0.2, 0.25) is 0 Å². The van der Waals surface area contributed by atoms with Crippen molar-refractivity contribution in [2.24, 2.45) is 4.99 Å². The lowest BCUT2D eigenvalue weighted by Gasteiger charge is -2.13. The number of amides is 1. The van der Waals surface area contributed by atoms with E-state index in [1.54, 1.807) is 20.2 Å². The Labute approximate surface area is 154 Å².